The summed E-state index contributed by atoms with van der Waals surface area (Å²) in [5.74, 6) is -8.97. The largest absolute Gasteiger partial charge is 1.00 e. The summed E-state index contributed by atoms with van der Waals surface area (Å²) in [6.07, 6.45) is 4.42. The fraction of sp³-hybridized carbons (Fsp3) is 0.294. The summed E-state index contributed by atoms with van der Waals surface area (Å²) in [7, 11) is -9.41. The number of nitrogens with zero attached hydrogens (tertiary/aromatic N) is 9. The van der Waals surface area contributed by atoms with E-state index in [1.54, 1.807) is 12.1 Å². The van der Waals surface area contributed by atoms with Crippen LogP contribution in [0.5, 0.6) is 0 Å². The second-order valence-corrected chi connectivity index (χ2v) is 32.8. The van der Waals surface area contributed by atoms with E-state index in [1.165, 1.54) is 106 Å². The molecule has 4 aliphatic heterocycles. The van der Waals surface area contributed by atoms with Crippen LogP contribution in [0, 0.1) is 10.8 Å². The maximum Gasteiger partial charge on any atom is 1.00 e. The van der Waals surface area contributed by atoms with Crippen molar-refractivity contribution in [2.24, 2.45) is 23.7 Å². The van der Waals surface area contributed by atoms with Gasteiger partial charge >= 0.3 is 120 Å². The number of nitrogen functional groups attached to an aromatic ring is 2. The molecule has 56 heteroatoms. The third-order valence-corrected chi connectivity index (χ3v) is 22.2. The number of likely N-dealkylation sites (N-methyl/N-ethyl adjacent to an activating group) is 2. The number of thiazole rings is 1. The molecule has 3 atom stereocenters. The first-order chi connectivity index (χ1) is 56.4. The second kappa shape index (κ2) is 50.1. The molecule has 1 unspecified atom stereocenters. The van der Waals surface area contributed by atoms with Gasteiger partial charge in [0.2, 0.25) is 11.3 Å². The first-order valence-corrected chi connectivity index (χ1v) is 42.0. The molecule has 0 saturated carbocycles. The Balaban J connectivity index is 0.000000538. The number of thioether (sulfide) groups is 2. The van der Waals surface area contributed by atoms with Crippen molar-refractivity contribution < 1.29 is 217 Å². The Morgan fingerprint density at radius 2 is 1.45 bits per heavy atom. The number of guanidine groups is 1. The van der Waals surface area contributed by atoms with Crippen LogP contribution in [0.3, 0.4) is 0 Å². The molecule has 6 heterocycles. The summed E-state index contributed by atoms with van der Waals surface area (Å²) in [6, 6.07) is 16.5. The van der Waals surface area contributed by atoms with Crippen LogP contribution in [0.25, 0.3) is 33.4 Å². The summed E-state index contributed by atoms with van der Waals surface area (Å²) < 4.78 is 88.9. The Kier molecular flexibility index (Phi) is 44.8. The number of fused-ring (bicyclic) bond motifs is 3. The molecule has 2 aromatic heterocycles. The van der Waals surface area contributed by atoms with Crippen molar-refractivity contribution in [2.75, 3.05) is 83.1 Å². The summed E-state index contributed by atoms with van der Waals surface area (Å²) in [5, 5.41) is 79.9. The number of nitrogens with two attached hydrogens (primary N) is 5. The number of hydrogen-bond acceptors (Lipinski definition) is 33. The quantitative estimate of drug-likeness (QED) is 0.00173. The molecule has 10 rings (SSSR count). The number of aromatic nitrogens is 4. The van der Waals surface area contributed by atoms with Crippen molar-refractivity contribution in [3.63, 3.8) is 0 Å². The number of amidine groups is 1. The smallest absolute Gasteiger partial charge is 0.744 e. The third-order valence-electron chi connectivity index (χ3n) is 16.3. The van der Waals surface area contributed by atoms with Crippen LogP contribution in [0.15, 0.2) is 136 Å². The van der Waals surface area contributed by atoms with E-state index < -0.39 is 143 Å². The summed E-state index contributed by atoms with van der Waals surface area (Å²) in [4.78, 5) is 167. The molecule has 3 aromatic carbocycles. The number of carbonyl (C=O) groups is 10. The molecule has 0 spiro atoms. The van der Waals surface area contributed by atoms with Gasteiger partial charge in [-0.25, -0.2) is 26.6 Å². The van der Waals surface area contributed by atoms with E-state index in [9.17, 15) is 98.3 Å². The summed E-state index contributed by atoms with van der Waals surface area (Å²) in [6.45, 7) is 2.25. The van der Waals surface area contributed by atoms with Crippen molar-refractivity contribution in [3.8, 4) is 22.5 Å². The molecule has 20 N–H and O–H groups in total. The van der Waals surface area contributed by atoms with Gasteiger partial charge in [-0.15, -0.1) is 23.1 Å². The Bertz CT molecular complexity index is 5700. The minimum absolute atomic E-state index is 0. The molecule has 0 radical (unpaired) electrons. The molecule has 1 aliphatic carbocycles. The monoisotopic (exact) mass is 1890 g/mol. The van der Waals surface area contributed by atoms with E-state index in [2.05, 4.69) is 30.9 Å². The number of oxime groups is 1. The number of unbranched alkanes of at least 4 members (excludes halogenated alkanes) is 2. The van der Waals surface area contributed by atoms with E-state index in [4.69, 9.17) is 85.1 Å². The van der Waals surface area contributed by atoms with Crippen molar-refractivity contribution >= 4 is 173 Å². The van der Waals surface area contributed by atoms with Gasteiger partial charge in [-0.2, -0.15) is 4.98 Å². The average Bonchev–Trinajstić information content (AvgIpc) is 1.53. The number of β-lactam (4-membered cyclic amide) rings is 1. The molecule has 5 amide bonds. The second-order valence-electron chi connectivity index (χ2n) is 25.1. The van der Waals surface area contributed by atoms with Crippen LogP contribution < -0.4 is 154 Å². The molecular weight excluding hydrogens is 1810 g/mol. The van der Waals surface area contributed by atoms with Crippen molar-refractivity contribution in [1.29, 1.82) is 10.8 Å². The van der Waals surface area contributed by atoms with Gasteiger partial charge in [-0.1, -0.05) is 58.9 Å². The third kappa shape index (κ3) is 32.3. The fourth-order valence-corrected chi connectivity index (χ4v) is 15.9. The Morgan fingerprint density at radius 3 is 1.96 bits per heavy atom. The van der Waals surface area contributed by atoms with Gasteiger partial charge < -0.3 is 116 Å². The Hall–Kier alpha value is -9.30. The van der Waals surface area contributed by atoms with Crippen molar-refractivity contribution in [1.82, 2.24) is 50.0 Å². The molecule has 5 aromatic rings. The molecule has 0 bridgehead atoms. The fourth-order valence-electron chi connectivity index (χ4n) is 10.8. The zero-order chi connectivity index (χ0) is 91.0. The van der Waals surface area contributed by atoms with Gasteiger partial charge in [0.15, 0.2) is 43.8 Å². The number of carbonyl (C=O) groups excluding carboxylic acids is 6. The van der Waals surface area contributed by atoms with Crippen LogP contribution in [0.1, 0.15) is 60.1 Å². The predicted octanol–water partition coefficient (Wildman–Crippen LogP) is -12.2. The molecule has 46 nitrogen and oxygen atoms in total. The number of imide groups is 1. The van der Waals surface area contributed by atoms with E-state index >= 15 is 0 Å². The van der Waals surface area contributed by atoms with Crippen LogP contribution in [-0.4, -0.2) is 250 Å². The minimum atomic E-state index is -5.26. The van der Waals surface area contributed by atoms with Gasteiger partial charge in [0.05, 0.1) is 29.3 Å². The number of nitrogens with one attached hydrogen (secondary N) is 4. The number of benzene rings is 4. The zero-order valence-electron chi connectivity index (χ0n) is 66.8. The van der Waals surface area contributed by atoms with Gasteiger partial charge in [0.1, 0.15) is 74.4 Å². The normalized spacial score (nSPS) is 14.0. The van der Waals surface area contributed by atoms with Gasteiger partial charge in [0.25, 0.3) is 29.2 Å². The molecule has 5 aliphatic rings. The number of aryl methyl sites for hydroxylation is 1. The number of aliphatic carboxylic acids is 4. The average molecular weight is 1890 g/mol. The molecule has 1 fully saturated rings. The van der Waals surface area contributed by atoms with Gasteiger partial charge in [-0.05, 0) is 86.0 Å². The van der Waals surface area contributed by atoms with Crippen LogP contribution in [0.2, 0.25) is 5.02 Å². The number of carboxylic acids is 5. The van der Waals surface area contributed by atoms with E-state index in [0.29, 0.717) is 30.2 Å². The predicted molar refractivity (Wildman–Crippen MR) is 429 cm³/mol. The number of amides is 5. The maximum absolute atomic E-state index is 12.9. The van der Waals surface area contributed by atoms with Crippen LogP contribution >= 0.6 is 54.1 Å². The topological polar surface area (TPSA) is 775 Å². The van der Waals surface area contributed by atoms with Gasteiger partial charge in [-0.3, -0.25) is 73.7 Å². The molecule has 1 saturated heterocycles. The number of rotatable bonds is 28. The van der Waals surface area contributed by atoms with Crippen LogP contribution in [-0.2, 0) is 79.8 Å². The zero-order valence-corrected chi connectivity index (χ0v) is 78.6. The SMILES string of the molecule is CC(=O)NCCCCCN1C(=O)C=CC1=O.CN(CC(=O)O)C(=N)CP(=O)(O)O.CN(CC(=O)O)C(=N)N.CO/N=C(\C(=O)N[C@@H]1C(=O)N2C(C(=O)[O-])=C(CSc3nc(=O)c(=O)[n-]n3C)CS[C@H]12)c1csc(N)n1.NCC(CC(=O)O)c1ccc(Cl)cc1.Nc1ccc2c(-c3ccccc3C(=O)O)c3ccc(=[NH2+])c(S(=O)(=O)[O-])c-3oc2c1S(=O)(=O)[O-].[Na+].[Na+].[Na+]. The van der Waals surface area contributed by atoms with Gasteiger partial charge in [0, 0.05) is 96.7 Å². The molecule has 652 valence electrons. The number of hydrogen-bond donors (Lipinski definition) is 15. The number of carboxylic acid groups (broad SMARTS) is 5. The maximum atomic E-state index is 12.9. The van der Waals surface area contributed by atoms with Crippen molar-refractivity contribution in [2.45, 2.75) is 64.9 Å². The number of aromatic carboxylic acids is 1. The number of anilines is 2. The summed E-state index contributed by atoms with van der Waals surface area (Å²) >= 11 is 9.02. The van der Waals surface area contributed by atoms with Crippen LogP contribution in [0.4, 0.5) is 10.8 Å². The first-order valence-electron chi connectivity index (χ1n) is 34.1. The van der Waals surface area contributed by atoms with Crippen molar-refractivity contribution in [3.05, 3.63) is 150 Å². The first kappa shape index (κ1) is 111. The van der Waals surface area contributed by atoms with E-state index in [0.717, 1.165) is 79.4 Å². The standard InChI is InChI=1S/C20H14N2O9S2.C18H18N8O7S3.C11H16N2O3.C10H12ClNO2.C5H11N2O5P.C4H9N3O2.3Na/c21-13-7-5-11-15(9-3-1-2-4-10(9)20(23)24)12-6-8-14(22)19(33(28,29)30)17(12)31-16(11)18(13)32(25,26)27;1-25-18(22-12(28)13(29)23-25)36-4-6-3-34-15-9(14(30)26(15)10(6)16(31)32)21-11(27)8(24-33-2)7-5-35-17(19)20-7;1-9(14)12-7-3-2-4-8-13-10(15)5-6-11(13)16;11-9-3-1-7(2-4-9)8(6-12)5-10(13)14;1-7(2-5(8)9)4(6)3-13(10,11)12;1-7(4(5)6)2-3(8)9;;;/h1-8,21H,22H2,(H,23,24)(H,25,26,27)(H,28,29,30);5,9,15H,3-4H2,1-2H3,(H5,19,20,21,23,27,29,31,32);5-6H,2-4,7-8H2,1H3,(H,12,14);1-4,8H,5-6,12H2,(H,13,14);6H,2-3H2,1H3,(H,8,9)(H2,10,11,12);2H2,1H3,(H3,5,6)(H,8,9);;;/q;;;;;;3*+1/p-3/b;24-8-;;;;;;;/t;9-,15-;;;;;;;/m.1......./s1. The van der Waals surface area contributed by atoms with E-state index in [-0.39, 0.29) is 198 Å². The number of halogens is 1. The minimum Gasteiger partial charge on any atom is -0.744 e. The Labute approximate surface area is 787 Å². The molecular formula is C68H77ClN18Na3O28PS5. The summed E-state index contributed by atoms with van der Waals surface area (Å²) in [5.41, 5.74) is 19.2. The molecule has 124 heavy (non-hydrogen) atoms. The Morgan fingerprint density at radius 1 is 0.855 bits per heavy atom. The van der Waals surface area contributed by atoms with E-state index in [1.807, 2.05) is 12.1 Å².